The number of aliphatic hydroxyl groups excluding tert-OH is 1. The third kappa shape index (κ3) is 2.31. The lowest BCUT2D eigenvalue weighted by molar-refractivity contribution is 0.219. The minimum atomic E-state index is -0.613. The average Bonchev–Trinajstić information content (AvgIpc) is 2.29. The normalized spacial score (nSPS) is 12.4. The molecule has 1 N–H and O–H groups in total. The summed E-state index contributed by atoms with van der Waals surface area (Å²) in [6.07, 6.45) is 2.75. The summed E-state index contributed by atoms with van der Waals surface area (Å²) in [4.78, 5) is 3.94. The highest BCUT2D eigenvalue weighted by molar-refractivity contribution is 9.10. The summed E-state index contributed by atoms with van der Waals surface area (Å²) in [5.74, 6) is 0. The summed E-state index contributed by atoms with van der Waals surface area (Å²) in [5, 5.41) is 10.2. The fourth-order valence-corrected chi connectivity index (χ4v) is 2.29. The second kappa shape index (κ2) is 4.76. The van der Waals surface area contributed by atoms with E-state index in [2.05, 4.69) is 20.9 Å². The van der Waals surface area contributed by atoms with Crippen LogP contribution in [0.5, 0.6) is 0 Å². The highest BCUT2D eigenvalue weighted by atomic mass is 79.9. The molecule has 0 fully saturated rings. The van der Waals surface area contributed by atoms with Gasteiger partial charge in [0.05, 0.1) is 0 Å². The van der Waals surface area contributed by atoms with E-state index in [9.17, 15) is 5.11 Å². The molecule has 2 nitrogen and oxygen atoms in total. The number of aryl methyl sites for hydroxylation is 1. The van der Waals surface area contributed by atoms with Crippen LogP contribution in [0.4, 0.5) is 0 Å². The van der Waals surface area contributed by atoms with Gasteiger partial charge in [-0.05, 0) is 41.8 Å². The second-order valence-corrected chi connectivity index (χ2v) is 4.56. The number of aromatic nitrogens is 1. The van der Waals surface area contributed by atoms with E-state index in [1.807, 2.05) is 37.3 Å². The summed E-state index contributed by atoms with van der Waals surface area (Å²) in [5.41, 5.74) is 2.88. The summed E-state index contributed by atoms with van der Waals surface area (Å²) in [7, 11) is 0. The van der Waals surface area contributed by atoms with Gasteiger partial charge in [-0.1, -0.05) is 28.1 Å². The first kappa shape index (κ1) is 11.3. The SMILES string of the molecule is Cc1ccc(C(O)c2ccncc2)c(Br)c1. The molecule has 0 bridgehead atoms. The molecule has 1 aromatic heterocycles. The van der Waals surface area contributed by atoms with Crippen molar-refractivity contribution >= 4 is 15.9 Å². The van der Waals surface area contributed by atoms with Gasteiger partial charge < -0.3 is 5.11 Å². The summed E-state index contributed by atoms with van der Waals surface area (Å²) >= 11 is 3.47. The van der Waals surface area contributed by atoms with Gasteiger partial charge in [-0.25, -0.2) is 0 Å². The molecule has 0 amide bonds. The van der Waals surface area contributed by atoms with Crippen molar-refractivity contribution < 1.29 is 5.11 Å². The topological polar surface area (TPSA) is 33.1 Å². The predicted molar refractivity (Wildman–Crippen MR) is 67.2 cm³/mol. The van der Waals surface area contributed by atoms with E-state index in [0.29, 0.717) is 0 Å². The lowest BCUT2D eigenvalue weighted by Crippen LogP contribution is -2.00. The molecule has 0 saturated heterocycles. The van der Waals surface area contributed by atoms with E-state index >= 15 is 0 Å². The van der Waals surface area contributed by atoms with Gasteiger partial charge >= 0.3 is 0 Å². The van der Waals surface area contributed by atoms with Gasteiger partial charge in [0.1, 0.15) is 6.10 Å². The molecule has 0 spiro atoms. The molecule has 1 unspecified atom stereocenters. The number of aliphatic hydroxyl groups is 1. The molecular weight excluding hydrogens is 266 g/mol. The molecule has 16 heavy (non-hydrogen) atoms. The molecule has 2 rings (SSSR count). The number of rotatable bonds is 2. The molecule has 0 saturated carbocycles. The van der Waals surface area contributed by atoms with Crippen LogP contribution < -0.4 is 0 Å². The number of halogens is 1. The summed E-state index contributed by atoms with van der Waals surface area (Å²) in [6.45, 7) is 2.02. The minimum Gasteiger partial charge on any atom is -0.384 e. The first-order valence-corrected chi connectivity index (χ1v) is 5.82. The third-order valence-corrected chi connectivity index (χ3v) is 3.16. The molecule has 1 aromatic carbocycles. The molecule has 0 aliphatic rings. The molecule has 2 aromatic rings. The zero-order valence-electron chi connectivity index (χ0n) is 8.89. The molecule has 1 atom stereocenters. The van der Waals surface area contributed by atoms with Gasteiger partial charge in [-0.3, -0.25) is 4.98 Å². The van der Waals surface area contributed by atoms with Gasteiger partial charge in [0, 0.05) is 16.9 Å². The zero-order chi connectivity index (χ0) is 11.5. The average molecular weight is 278 g/mol. The first-order valence-electron chi connectivity index (χ1n) is 5.02. The van der Waals surface area contributed by atoms with Gasteiger partial charge in [0.25, 0.3) is 0 Å². The number of hydrogen-bond donors (Lipinski definition) is 1. The smallest absolute Gasteiger partial charge is 0.105 e. The van der Waals surface area contributed by atoms with Crippen molar-refractivity contribution in [1.82, 2.24) is 4.98 Å². The van der Waals surface area contributed by atoms with Crippen molar-refractivity contribution in [3.05, 3.63) is 63.9 Å². The van der Waals surface area contributed by atoms with Crippen molar-refractivity contribution in [1.29, 1.82) is 0 Å². The van der Waals surface area contributed by atoms with Gasteiger partial charge in [0.15, 0.2) is 0 Å². The monoisotopic (exact) mass is 277 g/mol. The Labute approximate surface area is 103 Å². The quantitative estimate of drug-likeness (QED) is 0.914. The van der Waals surface area contributed by atoms with Crippen molar-refractivity contribution in [2.45, 2.75) is 13.0 Å². The second-order valence-electron chi connectivity index (χ2n) is 3.71. The van der Waals surface area contributed by atoms with E-state index in [1.165, 1.54) is 0 Å². The Balaban J connectivity index is 2.38. The van der Waals surface area contributed by atoms with E-state index in [4.69, 9.17) is 0 Å². The van der Waals surface area contributed by atoms with Crippen LogP contribution in [0.2, 0.25) is 0 Å². The Bertz CT molecular complexity index is 485. The van der Waals surface area contributed by atoms with Crippen LogP contribution in [0.15, 0.2) is 47.2 Å². The van der Waals surface area contributed by atoms with Crippen LogP contribution in [0, 0.1) is 6.92 Å². The Morgan fingerprint density at radius 3 is 2.50 bits per heavy atom. The minimum absolute atomic E-state index is 0.613. The Hall–Kier alpha value is -1.19. The molecule has 0 aliphatic carbocycles. The molecule has 0 aliphatic heterocycles. The summed E-state index contributed by atoms with van der Waals surface area (Å²) in [6, 6.07) is 9.56. The lowest BCUT2D eigenvalue weighted by Gasteiger charge is -2.13. The lowest BCUT2D eigenvalue weighted by atomic mass is 10.0. The highest BCUT2D eigenvalue weighted by Crippen LogP contribution is 2.28. The Morgan fingerprint density at radius 2 is 1.88 bits per heavy atom. The van der Waals surface area contributed by atoms with Crippen molar-refractivity contribution in [3.8, 4) is 0 Å². The maximum Gasteiger partial charge on any atom is 0.105 e. The maximum absolute atomic E-state index is 10.2. The molecule has 1 heterocycles. The Morgan fingerprint density at radius 1 is 1.19 bits per heavy atom. The number of benzene rings is 1. The van der Waals surface area contributed by atoms with Gasteiger partial charge in [-0.2, -0.15) is 0 Å². The van der Waals surface area contributed by atoms with E-state index in [0.717, 1.165) is 21.2 Å². The van der Waals surface area contributed by atoms with Crippen LogP contribution in [0.25, 0.3) is 0 Å². The van der Waals surface area contributed by atoms with Crippen LogP contribution in [0.3, 0.4) is 0 Å². The number of nitrogens with zero attached hydrogens (tertiary/aromatic N) is 1. The molecular formula is C13H12BrNO. The van der Waals surface area contributed by atoms with Crippen LogP contribution in [-0.2, 0) is 0 Å². The number of hydrogen-bond acceptors (Lipinski definition) is 2. The van der Waals surface area contributed by atoms with Crippen LogP contribution >= 0.6 is 15.9 Å². The largest absolute Gasteiger partial charge is 0.384 e. The van der Waals surface area contributed by atoms with Crippen molar-refractivity contribution in [2.75, 3.05) is 0 Å². The highest BCUT2D eigenvalue weighted by Gasteiger charge is 2.12. The van der Waals surface area contributed by atoms with Gasteiger partial charge in [0.2, 0.25) is 0 Å². The first-order chi connectivity index (χ1) is 7.68. The maximum atomic E-state index is 10.2. The molecule has 0 radical (unpaired) electrons. The van der Waals surface area contributed by atoms with Crippen LogP contribution in [0.1, 0.15) is 22.8 Å². The molecule has 82 valence electrons. The van der Waals surface area contributed by atoms with Gasteiger partial charge in [-0.15, -0.1) is 0 Å². The van der Waals surface area contributed by atoms with E-state index < -0.39 is 6.10 Å². The van der Waals surface area contributed by atoms with Crippen LogP contribution in [-0.4, -0.2) is 10.1 Å². The van der Waals surface area contributed by atoms with Crippen molar-refractivity contribution in [3.63, 3.8) is 0 Å². The predicted octanol–water partition coefficient (Wildman–Crippen LogP) is 3.23. The Kier molecular flexibility index (Phi) is 3.36. The number of pyridine rings is 1. The standard InChI is InChI=1S/C13H12BrNO/c1-9-2-3-11(12(14)8-9)13(16)10-4-6-15-7-5-10/h2-8,13,16H,1H3. The third-order valence-electron chi connectivity index (χ3n) is 2.47. The molecule has 3 heteroatoms. The van der Waals surface area contributed by atoms with E-state index in [1.54, 1.807) is 12.4 Å². The van der Waals surface area contributed by atoms with E-state index in [-0.39, 0.29) is 0 Å². The zero-order valence-corrected chi connectivity index (χ0v) is 10.5. The fraction of sp³-hybridized carbons (Fsp3) is 0.154. The summed E-state index contributed by atoms with van der Waals surface area (Å²) < 4.78 is 0.928. The fourth-order valence-electron chi connectivity index (χ4n) is 1.58. The van der Waals surface area contributed by atoms with Crippen molar-refractivity contribution in [2.24, 2.45) is 0 Å².